The standard InChI is InChI=1S/C26H18Br2N4O3S/c1-26(2,15-29)16-6-9-19(10-7-16)31-24-21-13-18(28)8-11-22(21)30-14-23(24)32(25(31)33)36(34,35)20-5-3-4-17(27)12-20/h3-14H,1-2H3. The lowest BCUT2D eigenvalue weighted by molar-refractivity contribution is 0.586. The first-order valence-corrected chi connectivity index (χ1v) is 13.8. The predicted octanol–water partition coefficient (Wildman–Crippen LogP) is 5.90. The van der Waals surface area contributed by atoms with Gasteiger partial charge < -0.3 is 0 Å². The van der Waals surface area contributed by atoms with Gasteiger partial charge in [0.1, 0.15) is 5.52 Å². The first-order valence-electron chi connectivity index (χ1n) is 10.8. The molecular weight excluding hydrogens is 608 g/mol. The molecule has 3 aromatic carbocycles. The summed E-state index contributed by atoms with van der Waals surface area (Å²) in [6, 6.07) is 20.9. The third-order valence-electron chi connectivity index (χ3n) is 6.05. The van der Waals surface area contributed by atoms with Gasteiger partial charge >= 0.3 is 5.69 Å². The normalized spacial score (nSPS) is 12.2. The summed E-state index contributed by atoms with van der Waals surface area (Å²) in [6.07, 6.45) is 1.41. The first-order chi connectivity index (χ1) is 17.0. The Balaban J connectivity index is 1.89. The van der Waals surface area contributed by atoms with Crippen molar-refractivity contribution in [1.82, 2.24) is 13.5 Å². The fraction of sp³-hybridized carbons (Fsp3) is 0.115. The van der Waals surface area contributed by atoms with Crippen molar-refractivity contribution in [3.05, 3.63) is 97.9 Å². The number of nitrogens with zero attached hydrogens (tertiary/aromatic N) is 4. The Labute approximate surface area is 223 Å². The molecule has 0 amide bonds. The van der Waals surface area contributed by atoms with Crippen LogP contribution in [0.2, 0.25) is 0 Å². The molecule has 5 rings (SSSR count). The molecule has 0 saturated carbocycles. The Kier molecular flexibility index (Phi) is 5.90. The predicted molar refractivity (Wildman–Crippen MR) is 146 cm³/mol. The van der Waals surface area contributed by atoms with Crippen molar-refractivity contribution in [2.24, 2.45) is 0 Å². The Morgan fingerprint density at radius 2 is 1.67 bits per heavy atom. The quantitative estimate of drug-likeness (QED) is 0.248. The van der Waals surface area contributed by atoms with Crippen molar-refractivity contribution in [3.8, 4) is 11.8 Å². The lowest BCUT2D eigenvalue weighted by atomic mass is 9.86. The number of halogens is 2. The van der Waals surface area contributed by atoms with Crippen LogP contribution in [0.4, 0.5) is 0 Å². The number of aromatic nitrogens is 3. The molecule has 0 aliphatic heterocycles. The number of benzene rings is 3. The van der Waals surface area contributed by atoms with Gasteiger partial charge in [0.05, 0.1) is 39.3 Å². The molecule has 180 valence electrons. The molecular formula is C26H18Br2N4O3S. The molecule has 0 spiro atoms. The monoisotopic (exact) mass is 624 g/mol. The van der Waals surface area contributed by atoms with Crippen LogP contribution in [-0.4, -0.2) is 21.9 Å². The second-order valence-corrected chi connectivity index (χ2v) is 12.4. The van der Waals surface area contributed by atoms with Gasteiger partial charge in [-0.2, -0.15) is 9.23 Å². The summed E-state index contributed by atoms with van der Waals surface area (Å²) in [6.45, 7) is 3.61. The minimum absolute atomic E-state index is 0.0292. The van der Waals surface area contributed by atoms with Gasteiger partial charge in [-0.1, -0.05) is 50.1 Å². The molecule has 7 nitrogen and oxygen atoms in total. The molecule has 2 aromatic heterocycles. The molecule has 5 aromatic rings. The van der Waals surface area contributed by atoms with Crippen molar-refractivity contribution in [1.29, 1.82) is 5.26 Å². The van der Waals surface area contributed by atoms with Crippen LogP contribution in [0.5, 0.6) is 0 Å². The van der Waals surface area contributed by atoms with Crippen molar-refractivity contribution >= 4 is 63.8 Å². The number of hydrogen-bond acceptors (Lipinski definition) is 5. The molecule has 0 fully saturated rings. The lowest BCUT2D eigenvalue weighted by Gasteiger charge is -2.16. The summed E-state index contributed by atoms with van der Waals surface area (Å²) in [7, 11) is -4.26. The topological polar surface area (TPSA) is 97.7 Å². The molecule has 10 heteroatoms. The van der Waals surface area contributed by atoms with Crippen LogP contribution >= 0.6 is 31.9 Å². The van der Waals surface area contributed by atoms with E-state index in [2.05, 4.69) is 42.9 Å². The summed E-state index contributed by atoms with van der Waals surface area (Å²) >= 11 is 6.78. The highest BCUT2D eigenvalue weighted by atomic mass is 79.9. The van der Waals surface area contributed by atoms with E-state index in [0.29, 0.717) is 26.6 Å². The number of hydrogen-bond donors (Lipinski definition) is 0. The number of fused-ring (bicyclic) bond motifs is 3. The zero-order valence-electron chi connectivity index (χ0n) is 19.1. The third kappa shape index (κ3) is 3.88. The third-order valence-corrected chi connectivity index (χ3v) is 8.72. The zero-order valence-corrected chi connectivity index (χ0v) is 23.1. The number of rotatable bonds is 4. The average Bonchev–Trinajstić information content (AvgIpc) is 3.17. The SMILES string of the molecule is CC(C)(C#N)c1ccc(-n2c(=O)n(S(=O)(=O)c3cccc(Br)c3)c3cnc4ccc(Br)cc4c32)cc1. The number of imidazole rings is 1. The maximum absolute atomic E-state index is 13.9. The number of pyridine rings is 1. The minimum Gasteiger partial charge on any atom is -0.259 e. The highest BCUT2D eigenvalue weighted by Crippen LogP contribution is 2.31. The fourth-order valence-electron chi connectivity index (χ4n) is 4.11. The fourth-order valence-corrected chi connectivity index (χ4v) is 6.44. The second kappa shape index (κ2) is 8.69. The Morgan fingerprint density at radius 1 is 0.972 bits per heavy atom. The Bertz CT molecular complexity index is 1880. The van der Waals surface area contributed by atoms with Crippen LogP contribution in [0, 0.1) is 11.3 Å². The molecule has 0 saturated heterocycles. The molecule has 0 N–H and O–H groups in total. The van der Waals surface area contributed by atoms with E-state index in [1.54, 1.807) is 56.3 Å². The second-order valence-electron chi connectivity index (χ2n) is 8.78. The summed E-state index contributed by atoms with van der Waals surface area (Å²) in [4.78, 5) is 18.3. The van der Waals surface area contributed by atoms with Gasteiger partial charge in [0, 0.05) is 14.3 Å². The Hall–Kier alpha value is -3.26. The first kappa shape index (κ1) is 24.4. The highest BCUT2D eigenvalue weighted by Gasteiger charge is 2.28. The molecule has 0 atom stereocenters. The summed E-state index contributed by atoms with van der Waals surface area (Å²) in [5.41, 5.74) is 0.970. The van der Waals surface area contributed by atoms with E-state index in [0.717, 1.165) is 14.0 Å². The van der Waals surface area contributed by atoms with Gasteiger partial charge in [0.15, 0.2) is 0 Å². The van der Waals surface area contributed by atoms with Gasteiger partial charge in [-0.25, -0.2) is 13.2 Å². The van der Waals surface area contributed by atoms with Crippen LogP contribution in [-0.2, 0) is 15.4 Å². The largest absolute Gasteiger partial charge is 0.348 e. The maximum atomic E-state index is 13.9. The molecule has 0 aliphatic carbocycles. The molecule has 0 bridgehead atoms. The van der Waals surface area contributed by atoms with Crippen LogP contribution in [0.3, 0.4) is 0 Å². The minimum atomic E-state index is -4.26. The van der Waals surface area contributed by atoms with E-state index in [4.69, 9.17) is 0 Å². The van der Waals surface area contributed by atoms with E-state index >= 15 is 0 Å². The number of nitriles is 1. The van der Waals surface area contributed by atoms with Crippen molar-refractivity contribution in [3.63, 3.8) is 0 Å². The van der Waals surface area contributed by atoms with E-state index in [-0.39, 0.29) is 10.4 Å². The summed E-state index contributed by atoms with van der Waals surface area (Å²) < 4.78 is 31.0. The molecule has 0 aliphatic rings. The summed E-state index contributed by atoms with van der Waals surface area (Å²) in [5.74, 6) is 0. The van der Waals surface area contributed by atoms with Gasteiger partial charge in [0.25, 0.3) is 10.0 Å². The molecule has 36 heavy (non-hydrogen) atoms. The lowest BCUT2D eigenvalue weighted by Crippen LogP contribution is -2.29. The average molecular weight is 626 g/mol. The van der Waals surface area contributed by atoms with Crippen molar-refractivity contribution in [2.75, 3.05) is 0 Å². The van der Waals surface area contributed by atoms with Crippen LogP contribution in [0.1, 0.15) is 19.4 Å². The van der Waals surface area contributed by atoms with Crippen LogP contribution in [0.25, 0.3) is 27.6 Å². The van der Waals surface area contributed by atoms with Gasteiger partial charge in [-0.15, -0.1) is 0 Å². The highest BCUT2D eigenvalue weighted by molar-refractivity contribution is 9.10. The van der Waals surface area contributed by atoms with Crippen molar-refractivity contribution < 1.29 is 8.42 Å². The van der Waals surface area contributed by atoms with Gasteiger partial charge in [0.2, 0.25) is 0 Å². The maximum Gasteiger partial charge on any atom is 0.348 e. The molecule has 0 radical (unpaired) electrons. The summed E-state index contributed by atoms with van der Waals surface area (Å²) in [5, 5.41) is 10.1. The zero-order chi connectivity index (χ0) is 25.8. The van der Waals surface area contributed by atoms with E-state index in [1.807, 2.05) is 12.1 Å². The van der Waals surface area contributed by atoms with Crippen LogP contribution in [0.15, 0.2) is 91.6 Å². The van der Waals surface area contributed by atoms with E-state index < -0.39 is 21.1 Å². The molecule has 2 heterocycles. The van der Waals surface area contributed by atoms with Gasteiger partial charge in [-0.3, -0.25) is 9.55 Å². The van der Waals surface area contributed by atoms with Crippen molar-refractivity contribution in [2.45, 2.75) is 24.2 Å². The van der Waals surface area contributed by atoms with E-state index in [9.17, 15) is 18.5 Å². The van der Waals surface area contributed by atoms with Crippen LogP contribution < -0.4 is 5.69 Å². The van der Waals surface area contributed by atoms with E-state index in [1.165, 1.54) is 22.9 Å². The Morgan fingerprint density at radius 3 is 2.33 bits per heavy atom. The smallest absolute Gasteiger partial charge is 0.259 e. The van der Waals surface area contributed by atoms with Gasteiger partial charge in [-0.05, 0) is 67.9 Å². The molecule has 0 unspecified atom stereocenters.